The minimum Gasteiger partial charge on any atom is -0.361 e. The van der Waals surface area contributed by atoms with Gasteiger partial charge in [0.2, 0.25) is 0 Å². The summed E-state index contributed by atoms with van der Waals surface area (Å²) in [5.74, 6) is -1.74. The summed E-state index contributed by atoms with van der Waals surface area (Å²) in [5.41, 5.74) is 5.67. The average molecular weight is 257 g/mol. The fourth-order valence-electron chi connectivity index (χ4n) is 0.872. The molecule has 1 rings (SSSR count). The molecule has 14 heavy (non-hydrogen) atoms. The molecule has 0 saturated carbocycles. The molecule has 0 aliphatic rings. The van der Waals surface area contributed by atoms with Gasteiger partial charge in [0.25, 0.3) is 0 Å². The highest BCUT2D eigenvalue weighted by Crippen LogP contribution is 2.09. The number of carbonyl (C=O) groups excluding carboxylic acids is 2. The Morgan fingerprint density at radius 3 is 2.36 bits per heavy atom. The van der Waals surface area contributed by atoms with Crippen LogP contribution in [0.5, 0.6) is 0 Å². The molecule has 0 atom stereocenters. The maximum atomic E-state index is 10.8. The second kappa shape index (κ2) is 4.76. The first-order valence-electron chi connectivity index (χ1n) is 3.91. The fourth-order valence-corrected chi connectivity index (χ4v) is 1.14. The monoisotopic (exact) mass is 256 g/mol. The largest absolute Gasteiger partial charge is 0.361 e. The number of carbonyl (C=O) groups is 2. The van der Waals surface area contributed by atoms with Gasteiger partial charge in [-0.15, -0.1) is 0 Å². The predicted octanol–water partition coefficient (Wildman–Crippen LogP) is 0.551. The van der Waals surface area contributed by atoms with Crippen LogP contribution in [-0.4, -0.2) is 11.8 Å². The summed E-state index contributed by atoms with van der Waals surface area (Å²) in [6.45, 7) is 0.301. The molecule has 4 nitrogen and oxygen atoms in total. The van der Waals surface area contributed by atoms with E-state index in [4.69, 9.17) is 5.73 Å². The van der Waals surface area contributed by atoms with Crippen molar-refractivity contribution >= 4 is 27.7 Å². The topological polar surface area (TPSA) is 72.2 Å². The van der Waals surface area contributed by atoms with E-state index in [-0.39, 0.29) is 0 Å². The standard InChI is InChI=1S/C9H9BrN2O2/c10-7-3-1-6(2-4-7)5-12-9(14)8(11)13/h1-4H,5H2,(H2,11,13)(H,12,14). The van der Waals surface area contributed by atoms with Crippen LogP contribution in [0, 0.1) is 0 Å². The lowest BCUT2D eigenvalue weighted by atomic mass is 10.2. The SMILES string of the molecule is NC(=O)C(=O)NCc1ccc(Br)cc1. The molecule has 0 aromatic heterocycles. The minimum atomic E-state index is -0.970. The zero-order valence-corrected chi connectivity index (χ0v) is 8.87. The molecule has 0 aliphatic carbocycles. The molecule has 0 aliphatic heterocycles. The van der Waals surface area contributed by atoms with E-state index in [1.165, 1.54) is 0 Å². The second-order valence-corrected chi connectivity index (χ2v) is 3.59. The molecule has 0 unspecified atom stereocenters. The Morgan fingerprint density at radius 1 is 1.29 bits per heavy atom. The van der Waals surface area contributed by atoms with Crippen molar-refractivity contribution in [2.45, 2.75) is 6.54 Å². The van der Waals surface area contributed by atoms with Gasteiger partial charge in [0.1, 0.15) is 0 Å². The maximum Gasteiger partial charge on any atom is 0.309 e. The zero-order valence-electron chi connectivity index (χ0n) is 7.29. The van der Waals surface area contributed by atoms with Crippen LogP contribution in [0.3, 0.4) is 0 Å². The van der Waals surface area contributed by atoms with E-state index >= 15 is 0 Å². The van der Waals surface area contributed by atoms with Crippen LogP contribution < -0.4 is 11.1 Å². The molecule has 0 saturated heterocycles. The number of hydrogen-bond donors (Lipinski definition) is 2. The van der Waals surface area contributed by atoms with Crippen LogP contribution in [0.4, 0.5) is 0 Å². The van der Waals surface area contributed by atoms with Gasteiger partial charge >= 0.3 is 11.8 Å². The van der Waals surface area contributed by atoms with Gasteiger partial charge in [-0.1, -0.05) is 28.1 Å². The van der Waals surface area contributed by atoms with Gasteiger partial charge < -0.3 is 11.1 Å². The highest BCUT2D eigenvalue weighted by atomic mass is 79.9. The second-order valence-electron chi connectivity index (χ2n) is 2.67. The smallest absolute Gasteiger partial charge is 0.309 e. The highest BCUT2D eigenvalue weighted by Gasteiger charge is 2.06. The molecule has 1 aromatic rings. The molecule has 0 heterocycles. The van der Waals surface area contributed by atoms with Gasteiger partial charge in [-0.2, -0.15) is 0 Å². The van der Waals surface area contributed by atoms with Crippen molar-refractivity contribution in [2.24, 2.45) is 5.73 Å². The van der Waals surface area contributed by atoms with Crippen LogP contribution >= 0.6 is 15.9 Å². The molecular formula is C9H9BrN2O2. The van der Waals surface area contributed by atoms with Crippen molar-refractivity contribution in [1.82, 2.24) is 5.32 Å². The van der Waals surface area contributed by atoms with Crippen molar-refractivity contribution in [3.63, 3.8) is 0 Å². The normalized spacial score (nSPS) is 9.50. The van der Waals surface area contributed by atoms with Crippen molar-refractivity contribution in [3.05, 3.63) is 34.3 Å². The van der Waals surface area contributed by atoms with Crippen molar-refractivity contribution in [2.75, 3.05) is 0 Å². The Kier molecular flexibility index (Phi) is 3.64. The number of hydrogen-bond acceptors (Lipinski definition) is 2. The third-order valence-electron chi connectivity index (χ3n) is 1.59. The fraction of sp³-hybridized carbons (Fsp3) is 0.111. The number of benzene rings is 1. The summed E-state index contributed by atoms with van der Waals surface area (Å²) in [7, 11) is 0. The number of amides is 2. The summed E-state index contributed by atoms with van der Waals surface area (Å²) in [5, 5.41) is 2.39. The van der Waals surface area contributed by atoms with Crippen molar-refractivity contribution in [3.8, 4) is 0 Å². The van der Waals surface area contributed by atoms with Crippen LogP contribution in [0.25, 0.3) is 0 Å². The predicted molar refractivity (Wildman–Crippen MR) is 55.2 cm³/mol. The van der Waals surface area contributed by atoms with E-state index in [0.717, 1.165) is 10.0 Å². The van der Waals surface area contributed by atoms with Gasteiger partial charge in [-0.05, 0) is 17.7 Å². The van der Waals surface area contributed by atoms with Crippen molar-refractivity contribution in [1.29, 1.82) is 0 Å². The van der Waals surface area contributed by atoms with Crippen LogP contribution in [0.15, 0.2) is 28.7 Å². The Morgan fingerprint density at radius 2 is 1.86 bits per heavy atom. The highest BCUT2D eigenvalue weighted by molar-refractivity contribution is 9.10. The number of nitrogens with two attached hydrogens (primary N) is 1. The van der Waals surface area contributed by atoms with Gasteiger partial charge in [0, 0.05) is 11.0 Å². The van der Waals surface area contributed by atoms with Gasteiger partial charge in [0.15, 0.2) is 0 Å². The summed E-state index contributed by atoms with van der Waals surface area (Å²) in [6, 6.07) is 7.38. The molecule has 74 valence electrons. The van der Waals surface area contributed by atoms with Crippen LogP contribution in [0.1, 0.15) is 5.56 Å². The van der Waals surface area contributed by atoms with E-state index in [0.29, 0.717) is 6.54 Å². The van der Waals surface area contributed by atoms with Gasteiger partial charge in [-0.25, -0.2) is 0 Å². The zero-order chi connectivity index (χ0) is 10.6. The molecule has 0 radical (unpaired) electrons. The average Bonchev–Trinajstić information content (AvgIpc) is 2.16. The quantitative estimate of drug-likeness (QED) is 0.759. The molecular weight excluding hydrogens is 248 g/mol. The van der Waals surface area contributed by atoms with E-state index < -0.39 is 11.8 Å². The van der Waals surface area contributed by atoms with E-state index in [9.17, 15) is 9.59 Å². The van der Waals surface area contributed by atoms with E-state index in [2.05, 4.69) is 21.2 Å². The first-order chi connectivity index (χ1) is 6.59. The van der Waals surface area contributed by atoms with Crippen LogP contribution in [0.2, 0.25) is 0 Å². The number of rotatable bonds is 2. The molecule has 1 aromatic carbocycles. The third kappa shape index (κ3) is 3.18. The van der Waals surface area contributed by atoms with Crippen molar-refractivity contribution < 1.29 is 9.59 Å². The Hall–Kier alpha value is -1.36. The van der Waals surface area contributed by atoms with Crippen LogP contribution in [-0.2, 0) is 16.1 Å². The van der Waals surface area contributed by atoms with Gasteiger partial charge in [0.05, 0.1) is 0 Å². The summed E-state index contributed by atoms with van der Waals surface area (Å²) in [4.78, 5) is 21.2. The Balaban J connectivity index is 2.50. The molecule has 5 heteroatoms. The molecule has 0 fully saturated rings. The Bertz CT molecular complexity index is 348. The number of halogens is 1. The lowest BCUT2D eigenvalue weighted by molar-refractivity contribution is -0.137. The van der Waals surface area contributed by atoms with E-state index in [1.54, 1.807) is 0 Å². The number of primary amides is 1. The number of nitrogens with one attached hydrogen (secondary N) is 1. The summed E-state index contributed by atoms with van der Waals surface area (Å²) < 4.78 is 0.961. The first kappa shape index (κ1) is 10.7. The third-order valence-corrected chi connectivity index (χ3v) is 2.12. The molecule has 0 bridgehead atoms. The maximum absolute atomic E-state index is 10.8. The molecule has 3 N–H and O–H groups in total. The first-order valence-corrected chi connectivity index (χ1v) is 4.71. The minimum absolute atomic E-state index is 0.301. The summed E-state index contributed by atoms with van der Waals surface area (Å²) in [6.07, 6.45) is 0. The van der Waals surface area contributed by atoms with E-state index in [1.807, 2.05) is 24.3 Å². The Labute approximate surface area is 89.6 Å². The lowest BCUT2D eigenvalue weighted by Crippen LogP contribution is -2.35. The lowest BCUT2D eigenvalue weighted by Gasteiger charge is -2.02. The van der Waals surface area contributed by atoms with Gasteiger partial charge in [-0.3, -0.25) is 9.59 Å². The molecule has 0 spiro atoms. The molecule has 2 amide bonds. The summed E-state index contributed by atoms with van der Waals surface area (Å²) >= 11 is 3.29.